The Kier molecular flexibility index (Phi) is 6.78. The molecular weight excluding hydrogens is 386 g/mol. The van der Waals surface area contributed by atoms with Crippen LogP contribution in [0.25, 0.3) is 0 Å². The van der Waals surface area contributed by atoms with Crippen molar-refractivity contribution in [2.45, 2.75) is 24.7 Å². The molecular formula is C27H31NO3. The van der Waals surface area contributed by atoms with Crippen molar-refractivity contribution in [3.8, 4) is 17.2 Å². The summed E-state index contributed by atoms with van der Waals surface area (Å²) in [6, 6.07) is 24.4. The summed E-state index contributed by atoms with van der Waals surface area (Å²) in [6.07, 6.45) is 2.18. The van der Waals surface area contributed by atoms with Gasteiger partial charge in [0.05, 0.1) is 13.2 Å². The van der Waals surface area contributed by atoms with Gasteiger partial charge in [0.25, 0.3) is 0 Å². The number of rotatable bonds is 8. The van der Waals surface area contributed by atoms with Crippen molar-refractivity contribution in [3.63, 3.8) is 0 Å². The molecule has 0 fully saturated rings. The summed E-state index contributed by atoms with van der Waals surface area (Å²) in [4.78, 5) is 2.20. The van der Waals surface area contributed by atoms with E-state index in [1.54, 1.807) is 12.1 Å². The Balaban J connectivity index is 1.54. The minimum absolute atomic E-state index is 0.154. The van der Waals surface area contributed by atoms with Gasteiger partial charge in [-0.25, -0.2) is 0 Å². The first-order valence-corrected chi connectivity index (χ1v) is 11.0. The molecule has 0 amide bonds. The fraction of sp³-hybridized carbons (Fsp3) is 0.333. The average Bonchev–Trinajstić information content (AvgIpc) is 2.79. The number of hydrogen-bond acceptors (Lipinski definition) is 4. The molecule has 3 aromatic carbocycles. The summed E-state index contributed by atoms with van der Waals surface area (Å²) in [6.45, 7) is 2.40. The van der Waals surface area contributed by atoms with Crippen molar-refractivity contribution in [3.05, 3.63) is 89.5 Å². The van der Waals surface area contributed by atoms with Gasteiger partial charge < -0.3 is 19.5 Å². The molecule has 1 heterocycles. The fourth-order valence-corrected chi connectivity index (χ4v) is 4.29. The van der Waals surface area contributed by atoms with Gasteiger partial charge in [0.1, 0.15) is 17.2 Å². The van der Waals surface area contributed by atoms with E-state index in [9.17, 15) is 5.11 Å². The predicted molar refractivity (Wildman–Crippen MR) is 124 cm³/mol. The highest BCUT2D eigenvalue weighted by atomic mass is 16.5. The van der Waals surface area contributed by atoms with Gasteiger partial charge in [-0.1, -0.05) is 48.5 Å². The van der Waals surface area contributed by atoms with Crippen molar-refractivity contribution in [1.29, 1.82) is 0 Å². The Hall–Kier alpha value is -2.98. The van der Waals surface area contributed by atoms with E-state index in [4.69, 9.17) is 9.47 Å². The molecule has 1 N–H and O–H groups in total. The van der Waals surface area contributed by atoms with E-state index in [-0.39, 0.29) is 17.6 Å². The molecule has 0 unspecified atom stereocenters. The number of unbranched alkanes of at least 4 members (excludes halogenated alkanes) is 1. The lowest BCUT2D eigenvalue weighted by Crippen LogP contribution is -2.25. The molecule has 0 saturated heterocycles. The zero-order valence-corrected chi connectivity index (χ0v) is 18.3. The van der Waals surface area contributed by atoms with Crippen LogP contribution < -0.4 is 9.47 Å². The minimum atomic E-state index is 0.154. The molecule has 0 radical (unpaired) electrons. The summed E-state index contributed by atoms with van der Waals surface area (Å²) in [5.41, 5.74) is 3.59. The maximum absolute atomic E-state index is 9.92. The first kappa shape index (κ1) is 21.3. The number of phenolic OH excluding ortho intramolecular Hbond substituents is 1. The van der Waals surface area contributed by atoms with Gasteiger partial charge in [-0.2, -0.15) is 0 Å². The smallest absolute Gasteiger partial charge is 0.126 e. The molecule has 2 atom stereocenters. The monoisotopic (exact) mass is 417 g/mol. The van der Waals surface area contributed by atoms with E-state index in [2.05, 4.69) is 67.5 Å². The molecule has 0 saturated carbocycles. The molecule has 31 heavy (non-hydrogen) atoms. The number of hydrogen-bond donors (Lipinski definition) is 1. The Bertz CT molecular complexity index is 970. The molecule has 0 spiro atoms. The largest absolute Gasteiger partial charge is 0.508 e. The van der Waals surface area contributed by atoms with Gasteiger partial charge in [0, 0.05) is 23.5 Å². The third-order valence-corrected chi connectivity index (χ3v) is 5.89. The number of nitrogens with zero attached hydrogens (tertiary/aromatic N) is 1. The van der Waals surface area contributed by atoms with Crippen molar-refractivity contribution in [1.82, 2.24) is 4.90 Å². The summed E-state index contributed by atoms with van der Waals surface area (Å²) in [7, 11) is 4.19. The predicted octanol–water partition coefficient (Wildman–Crippen LogP) is 5.42. The second-order valence-electron chi connectivity index (χ2n) is 8.46. The highest BCUT2D eigenvalue weighted by molar-refractivity contribution is 5.50. The van der Waals surface area contributed by atoms with Crippen LogP contribution in [0, 0.1) is 0 Å². The van der Waals surface area contributed by atoms with Crippen molar-refractivity contribution in [2.75, 3.05) is 33.9 Å². The van der Waals surface area contributed by atoms with Crippen LogP contribution in [0.4, 0.5) is 0 Å². The number of phenols is 1. The van der Waals surface area contributed by atoms with Crippen LogP contribution in [0.5, 0.6) is 17.2 Å². The van der Waals surface area contributed by atoms with Crippen LogP contribution in [0.15, 0.2) is 72.8 Å². The molecule has 4 heteroatoms. The quantitative estimate of drug-likeness (QED) is 0.497. The summed E-state index contributed by atoms with van der Waals surface area (Å²) >= 11 is 0. The summed E-state index contributed by atoms with van der Waals surface area (Å²) in [5.74, 6) is 2.26. The first-order valence-electron chi connectivity index (χ1n) is 11.0. The molecule has 0 aliphatic carbocycles. The third-order valence-electron chi connectivity index (χ3n) is 5.89. The molecule has 4 nitrogen and oxygen atoms in total. The Morgan fingerprint density at radius 1 is 0.935 bits per heavy atom. The summed E-state index contributed by atoms with van der Waals surface area (Å²) in [5, 5.41) is 9.92. The third kappa shape index (κ3) is 5.20. The van der Waals surface area contributed by atoms with Crippen LogP contribution in [-0.2, 0) is 0 Å². The molecule has 1 aliphatic rings. The van der Waals surface area contributed by atoms with E-state index in [1.165, 1.54) is 11.1 Å². The Labute approximate surface area is 185 Å². The number of ether oxygens (including phenoxy) is 2. The van der Waals surface area contributed by atoms with E-state index in [1.807, 2.05) is 12.1 Å². The zero-order valence-electron chi connectivity index (χ0n) is 18.3. The van der Waals surface area contributed by atoms with Gasteiger partial charge in [0.2, 0.25) is 0 Å². The van der Waals surface area contributed by atoms with Crippen molar-refractivity contribution in [2.24, 2.45) is 0 Å². The van der Waals surface area contributed by atoms with Crippen LogP contribution >= 0.6 is 0 Å². The standard InChI is InChI=1S/C27H31NO3/c1-28(2)16-6-7-17-30-23-13-10-21(11-14-23)27-24-15-12-22(29)18-26(24)31-19-25(27)20-8-4-3-5-9-20/h3-5,8-15,18,25,27,29H,6-7,16-17,19H2,1-2H3/t25-,27+/m0/s1. The van der Waals surface area contributed by atoms with Gasteiger partial charge in [-0.3, -0.25) is 0 Å². The van der Waals surface area contributed by atoms with Crippen molar-refractivity contribution >= 4 is 0 Å². The molecule has 3 aromatic rings. The first-order chi connectivity index (χ1) is 15.1. The zero-order chi connectivity index (χ0) is 21.6. The number of fused-ring (bicyclic) bond motifs is 1. The number of benzene rings is 3. The normalized spacial score (nSPS) is 17.8. The SMILES string of the molecule is CN(C)CCCCOc1ccc([C@@H]2c3ccc(O)cc3OC[C@H]2c2ccccc2)cc1. The van der Waals surface area contributed by atoms with Crippen molar-refractivity contribution < 1.29 is 14.6 Å². The van der Waals surface area contributed by atoms with E-state index < -0.39 is 0 Å². The second kappa shape index (κ2) is 9.88. The van der Waals surface area contributed by atoms with Crippen LogP contribution in [0.1, 0.15) is 41.4 Å². The molecule has 4 rings (SSSR count). The van der Waals surface area contributed by atoms with Crippen LogP contribution in [0.2, 0.25) is 0 Å². The van der Waals surface area contributed by atoms with Gasteiger partial charge >= 0.3 is 0 Å². The maximum Gasteiger partial charge on any atom is 0.126 e. The maximum atomic E-state index is 9.92. The van der Waals surface area contributed by atoms with E-state index in [0.29, 0.717) is 6.61 Å². The molecule has 162 valence electrons. The lowest BCUT2D eigenvalue weighted by atomic mass is 9.76. The highest BCUT2D eigenvalue weighted by Crippen LogP contribution is 2.47. The molecule has 0 bridgehead atoms. The van der Waals surface area contributed by atoms with E-state index in [0.717, 1.165) is 43.1 Å². The number of aromatic hydroxyl groups is 1. The topological polar surface area (TPSA) is 41.9 Å². The average molecular weight is 418 g/mol. The Morgan fingerprint density at radius 2 is 1.71 bits per heavy atom. The highest BCUT2D eigenvalue weighted by Gasteiger charge is 2.33. The Morgan fingerprint density at radius 3 is 2.45 bits per heavy atom. The lowest BCUT2D eigenvalue weighted by Gasteiger charge is -2.34. The minimum Gasteiger partial charge on any atom is -0.508 e. The fourth-order valence-electron chi connectivity index (χ4n) is 4.29. The van der Waals surface area contributed by atoms with Crippen LogP contribution in [-0.4, -0.2) is 43.9 Å². The molecule has 1 aliphatic heterocycles. The van der Waals surface area contributed by atoms with Gasteiger partial charge in [0.15, 0.2) is 0 Å². The van der Waals surface area contributed by atoms with Gasteiger partial charge in [-0.15, -0.1) is 0 Å². The summed E-state index contributed by atoms with van der Waals surface area (Å²) < 4.78 is 12.0. The van der Waals surface area contributed by atoms with Gasteiger partial charge in [-0.05, 0) is 62.8 Å². The second-order valence-corrected chi connectivity index (χ2v) is 8.46. The van der Waals surface area contributed by atoms with Crippen LogP contribution in [0.3, 0.4) is 0 Å². The lowest BCUT2D eigenvalue weighted by molar-refractivity contribution is 0.247. The molecule has 0 aromatic heterocycles. The van der Waals surface area contributed by atoms with E-state index >= 15 is 0 Å².